The first-order chi connectivity index (χ1) is 13.6. The minimum Gasteiger partial charge on any atom is -0.472 e. The summed E-state index contributed by atoms with van der Waals surface area (Å²) < 4.78 is 4.96. The summed E-state index contributed by atoms with van der Waals surface area (Å²) in [6, 6.07) is 11.4. The van der Waals surface area contributed by atoms with Crippen LogP contribution in [0.4, 0.5) is 0 Å². The molecule has 1 saturated heterocycles. The van der Waals surface area contributed by atoms with Crippen LogP contribution >= 0.6 is 0 Å². The summed E-state index contributed by atoms with van der Waals surface area (Å²) in [5.41, 5.74) is 1.67. The van der Waals surface area contributed by atoms with Crippen molar-refractivity contribution in [3.05, 3.63) is 60.1 Å². The third-order valence-corrected chi connectivity index (χ3v) is 4.97. The van der Waals surface area contributed by atoms with Gasteiger partial charge in [-0.3, -0.25) is 14.4 Å². The third kappa shape index (κ3) is 5.45. The van der Waals surface area contributed by atoms with Gasteiger partial charge in [-0.2, -0.15) is 0 Å². The number of hydrogen-bond acceptors (Lipinski definition) is 4. The SMILES string of the molecule is O=C(NCCc1ccccc1)C(=O)NCC1CCN(C(=O)c2ccoc2)CC1. The maximum Gasteiger partial charge on any atom is 0.309 e. The summed E-state index contributed by atoms with van der Waals surface area (Å²) in [5.74, 6) is -0.989. The summed E-state index contributed by atoms with van der Waals surface area (Å²) in [7, 11) is 0. The van der Waals surface area contributed by atoms with E-state index in [2.05, 4.69) is 10.6 Å². The van der Waals surface area contributed by atoms with Crippen LogP contribution in [0.1, 0.15) is 28.8 Å². The number of furan rings is 1. The standard InChI is InChI=1S/C21H25N3O4/c25-19(22-10-6-16-4-2-1-3-5-16)20(26)23-14-17-7-11-24(12-8-17)21(27)18-9-13-28-15-18/h1-5,9,13,15,17H,6-8,10-12,14H2,(H,22,25)(H,23,26). The lowest BCUT2D eigenvalue weighted by Gasteiger charge is -2.31. The highest BCUT2D eigenvalue weighted by Crippen LogP contribution is 2.18. The van der Waals surface area contributed by atoms with Gasteiger partial charge in [-0.05, 0) is 36.8 Å². The van der Waals surface area contributed by atoms with Gasteiger partial charge in [0.1, 0.15) is 6.26 Å². The molecular formula is C21H25N3O4. The van der Waals surface area contributed by atoms with Crippen molar-refractivity contribution >= 4 is 17.7 Å². The first-order valence-corrected chi connectivity index (χ1v) is 9.55. The van der Waals surface area contributed by atoms with Gasteiger partial charge >= 0.3 is 11.8 Å². The molecule has 7 heteroatoms. The molecule has 0 radical (unpaired) electrons. The second kappa shape index (κ2) is 9.73. The van der Waals surface area contributed by atoms with Gasteiger partial charge in [0.25, 0.3) is 5.91 Å². The van der Waals surface area contributed by atoms with E-state index in [1.165, 1.54) is 12.5 Å². The minimum atomic E-state index is -0.608. The van der Waals surface area contributed by atoms with Crippen molar-refractivity contribution in [1.29, 1.82) is 0 Å². The van der Waals surface area contributed by atoms with Crippen molar-refractivity contribution < 1.29 is 18.8 Å². The molecule has 3 rings (SSSR count). The topological polar surface area (TPSA) is 91.7 Å². The van der Waals surface area contributed by atoms with Crippen molar-refractivity contribution in [3.63, 3.8) is 0 Å². The van der Waals surface area contributed by atoms with Gasteiger partial charge in [0, 0.05) is 26.2 Å². The molecular weight excluding hydrogens is 358 g/mol. The molecule has 1 aliphatic heterocycles. The van der Waals surface area contributed by atoms with Gasteiger partial charge in [-0.1, -0.05) is 30.3 Å². The Kier molecular flexibility index (Phi) is 6.84. The van der Waals surface area contributed by atoms with E-state index in [1.54, 1.807) is 11.0 Å². The van der Waals surface area contributed by atoms with E-state index >= 15 is 0 Å². The number of amides is 3. The highest BCUT2D eigenvalue weighted by atomic mass is 16.3. The molecule has 0 aliphatic carbocycles. The molecule has 2 aromatic rings. The third-order valence-electron chi connectivity index (χ3n) is 4.97. The largest absolute Gasteiger partial charge is 0.472 e. The Morgan fingerprint density at radius 2 is 1.71 bits per heavy atom. The zero-order chi connectivity index (χ0) is 19.8. The molecule has 28 heavy (non-hydrogen) atoms. The van der Waals surface area contributed by atoms with Crippen molar-refractivity contribution in [2.24, 2.45) is 5.92 Å². The van der Waals surface area contributed by atoms with E-state index in [1.807, 2.05) is 30.3 Å². The second-order valence-electron chi connectivity index (χ2n) is 6.95. The normalized spacial score (nSPS) is 14.5. The Balaban J connectivity index is 1.32. The Morgan fingerprint density at radius 3 is 2.39 bits per heavy atom. The number of carbonyl (C=O) groups excluding carboxylic acids is 3. The van der Waals surface area contributed by atoms with E-state index in [0.29, 0.717) is 38.2 Å². The quantitative estimate of drug-likeness (QED) is 0.742. The van der Waals surface area contributed by atoms with Gasteiger partial charge in [0.15, 0.2) is 0 Å². The molecule has 2 heterocycles. The molecule has 1 aliphatic rings. The van der Waals surface area contributed by atoms with Gasteiger partial charge < -0.3 is 20.0 Å². The van der Waals surface area contributed by atoms with E-state index in [4.69, 9.17) is 4.42 Å². The van der Waals surface area contributed by atoms with Crippen LogP contribution in [0.5, 0.6) is 0 Å². The fourth-order valence-corrected chi connectivity index (χ4v) is 3.27. The minimum absolute atomic E-state index is 0.0333. The van der Waals surface area contributed by atoms with E-state index in [-0.39, 0.29) is 11.8 Å². The maximum absolute atomic E-state index is 12.3. The highest BCUT2D eigenvalue weighted by Gasteiger charge is 2.25. The molecule has 2 N–H and O–H groups in total. The van der Waals surface area contributed by atoms with Crippen LogP contribution in [0.15, 0.2) is 53.3 Å². The molecule has 0 unspecified atom stereocenters. The number of carbonyl (C=O) groups is 3. The maximum atomic E-state index is 12.3. The molecule has 0 saturated carbocycles. The summed E-state index contributed by atoms with van der Waals surface area (Å²) in [6.07, 6.45) is 5.20. The Morgan fingerprint density at radius 1 is 1.00 bits per heavy atom. The molecule has 148 valence electrons. The van der Waals surface area contributed by atoms with E-state index < -0.39 is 11.8 Å². The number of rotatable bonds is 6. The zero-order valence-electron chi connectivity index (χ0n) is 15.7. The van der Waals surface area contributed by atoms with Gasteiger partial charge in [0.05, 0.1) is 11.8 Å². The molecule has 1 fully saturated rings. The monoisotopic (exact) mass is 383 g/mol. The predicted molar refractivity (Wildman–Crippen MR) is 104 cm³/mol. The van der Waals surface area contributed by atoms with Crippen LogP contribution in [0, 0.1) is 5.92 Å². The lowest BCUT2D eigenvalue weighted by atomic mass is 9.96. The second-order valence-corrected chi connectivity index (χ2v) is 6.95. The summed E-state index contributed by atoms with van der Waals surface area (Å²) in [6.45, 7) is 2.13. The lowest BCUT2D eigenvalue weighted by Crippen LogP contribution is -2.45. The number of hydrogen-bond donors (Lipinski definition) is 2. The number of piperidine rings is 1. The van der Waals surface area contributed by atoms with Gasteiger partial charge in [-0.25, -0.2) is 0 Å². The van der Waals surface area contributed by atoms with Gasteiger partial charge in [0.2, 0.25) is 0 Å². The van der Waals surface area contributed by atoms with Crippen LogP contribution in [-0.2, 0) is 16.0 Å². The Labute approximate surface area is 164 Å². The molecule has 3 amide bonds. The lowest BCUT2D eigenvalue weighted by molar-refractivity contribution is -0.139. The number of benzene rings is 1. The number of nitrogens with zero attached hydrogens (tertiary/aromatic N) is 1. The molecule has 0 spiro atoms. The highest BCUT2D eigenvalue weighted by molar-refractivity contribution is 6.35. The van der Waals surface area contributed by atoms with Crippen LogP contribution in [0.25, 0.3) is 0 Å². The number of likely N-dealkylation sites (tertiary alicyclic amines) is 1. The number of nitrogens with one attached hydrogen (secondary N) is 2. The average molecular weight is 383 g/mol. The summed E-state index contributed by atoms with van der Waals surface area (Å²) >= 11 is 0. The van der Waals surface area contributed by atoms with E-state index in [9.17, 15) is 14.4 Å². The van der Waals surface area contributed by atoms with Crippen LogP contribution < -0.4 is 10.6 Å². The van der Waals surface area contributed by atoms with Crippen molar-refractivity contribution in [1.82, 2.24) is 15.5 Å². The van der Waals surface area contributed by atoms with Crippen molar-refractivity contribution in [3.8, 4) is 0 Å². The molecule has 1 aromatic carbocycles. The Hall–Kier alpha value is -3.09. The van der Waals surface area contributed by atoms with E-state index in [0.717, 1.165) is 18.4 Å². The smallest absolute Gasteiger partial charge is 0.309 e. The predicted octanol–water partition coefficient (Wildman–Crippen LogP) is 1.61. The van der Waals surface area contributed by atoms with Crippen molar-refractivity contribution in [2.45, 2.75) is 19.3 Å². The summed E-state index contributed by atoms with van der Waals surface area (Å²) in [4.78, 5) is 37.9. The first kappa shape index (κ1) is 19.7. The Bertz CT molecular complexity index is 781. The van der Waals surface area contributed by atoms with Crippen LogP contribution in [0.3, 0.4) is 0 Å². The first-order valence-electron chi connectivity index (χ1n) is 9.55. The summed E-state index contributed by atoms with van der Waals surface area (Å²) in [5, 5.41) is 5.35. The molecule has 1 aromatic heterocycles. The van der Waals surface area contributed by atoms with Gasteiger partial charge in [-0.15, -0.1) is 0 Å². The van der Waals surface area contributed by atoms with Crippen molar-refractivity contribution in [2.75, 3.05) is 26.2 Å². The molecule has 0 bridgehead atoms. The molecule has 7 nitrogen and oxygen atoms in total. The fourth-order valence-electron chi connectivity index (χ4n) is 3.27. The molecule has 0 atom stereocenters. The zero-order valence-corrected chi connectivity index (χ0v) is 15.7. The van der Waals surface area contributed by atoms with Crippen LogP contribution in [-0.4, -0.2) is 48.8 Å². The van der Waals surface area contributed by atoms with Crippen LogP contribution in [0.2, 0.25) is 0 Å². The fraction of sp³-hybridized carbons (Fsp3) is 0.381. The average Bonchev–Trinajstić information content (AvgIpc) is 3.27.